The third-order valence-corrected chi connectivity index (χ3v) is 2.85. The first-order valence-corrected chi connectivity index (χ1v) is 4.59. The van der Waals surface area contributed by atoms with Crippen LogP contribution in [0.4, 0.5) is 0 Å². The molecular formula is C8H15BO2. The lowest BCUT2D eigenvalue weighted by atomic mass is 9.43. The highest BCUT2D eigenvalue weighted by atomic mass is 16.7. The van der Waals surface area contributed by atoms with Gasteiger partial charge in [0, 0.05) is 0 Å². The minimum atomic E-state index is -0.146. The molecule has 0 atom stereocenters. The van der Waals surface area contributed by atoms with Crippen molar-refractivity contribution in [3.05, 3.63) is 0 Å². The van der Waals surface area contributed by atoms with E-state index in [-0.39, 0.29) is 5.79 Å². The molecule has 2 aliphatic rings. The molecule has 0 unspecified atom stereocenters. The third-order valence-electron chi connectivity index (χ3n) is 2.85. The van der Waals surface area contributed by atoms with Gasteiger partial charge in [0.05, 0.1) is 13.2 Å². The van der Waals surface area contributed by atoms with Crippen molar-refractivity contribution >= 4 is 6.71 Å². The molecule has 0 aromatic heterocycles. The summed E-state index contributed by atoms with van der Waals surface area (Å²) >= 11 is 0. The Balaban J connectivity index is 1.94. The van der Waals surface area contributed by atoms with Gasteiger partial charge in [-0.2, -0.15) is 0 Å². The number of hydrogen-bond acceptors (Lipinski definition) is 2. The SMILES string of the molecule is CB1CCC2(CC1)OCCO2. The molecule has 0 saturated carbocycles. The highest BCUT2D eigenvalue weighted by molar-refractivity contribution is 6.57. The second kappa shape index (κ2) is 2.79. The van der Waals surface area contributed by atoms with E-state index in [2.05, 4.69) is 6.82 Å². The van der Waals surface area contributed by atoms with Gasteiger partial charge >= 0.3 is 0 Å². The van der Waals surface area contributed by atoms with Gasteiger partial charge in [0.1, 0.15) is 6.71 Å². The van der Waals surface area contributed by atoms with Crippen LogP contribution >= 0.6 is 0 Å². The van der Waals surface area contributed by atoms with Gasteiger partial charge in [-0.1, -0.05) is 19.5 Å². The topological polar surface area (TPSA) is 18.5 Å². The standard InChI is InChI=1S/C8H15BO2/c1-9-4-2-8(3-5-9)10-6-7-11-8/h2-7H2,1H3. The average Bonchev–Trinajstić information content (AvgIpc) is 2.45. The van der Waals surface area contributed by atoms with Crippen molar-refractivity contribution in [1.82, 2.24) is 0 Å². The van der Waals surface area contributed by atoms with Crippen LogP contribution in [0.2, 0.25) is 19.5 Å². The third kappa shape index (κ3) is 1.45. The minimum absolute atomic E-state index is 0.146. The fourth-order valence-corrected chi connectivity index (χ4v) is 1.99. The minimum Gasteiger partial charge on any atom is -0.348 e. The molecule has 2 saturated heterocycles. The van der Waals surface area contributed by atoms with E-state index >= 15 is 0 Å². The molecule has 0 bridgehead atoms. The molecule has 0 aromatic carbocycles. The Bertz CT molecular complexity index is 133. The van der Waals surface area contributed by atoms with E-state index in [0.29, 0.717) is 0 Å². The van der Waals surface area contributed by atoms with Gasteiger partial charge in [0.2, 0.25) is 0 Å². The van der Waals surface area contributed by atoms with Crippen molar-refractivity contribution in [2.24, 2.45) is 0 Å². The van der Waals surface area contributed by atoms with E-state index in [4.69, 9.17) is 9.47 Å². The molecule has 2 aliphatic heterocycles. The van der Waals surface area contributed by atoms with Gasteiger partial charge in [-0.25, -0.2) is 0 Å². The molecule has 0 amide bonds. The van der Waals surface area contributed by atoms with Gasteiger partial charge in [-0.05, 0) is 12.8 Å². The van der Waals surface area contributed by atoms with E-state index in [0.717, 1.165) is 32.8 Å². The van der Waals surface area contributed by atoms with Crippen molar-refractivity contribution in [3.63, 3.8) is 0 Å². The summed E-state index contributed by atoms with van der Waals surface area (Å²) in [4.78, 5) is 0. The fraction of sp³-hybridized carbons (Fsp3) is 1.00. The summed E-state index contributed by atoms with van der Waals surface area (Å²) in [5.41, 5.74) is 0. The zero-order valence-electron chi connectivity index (χ0n) is 7.14. The molecule has 11 heavy (non-hydrogen) atoms. The Morgan fingerprint density at radius 2 is 1.64 bits per heavy atom. The normalized spacial score (nSPS) is 29.7. The summed E-state index contributed by atoms with van der Waals surface area (Å²) in [6, 6.07) is 0. The number of rotatable bonds is 0. The summed E-state index contributed by atoms with van der Waals surface area (Å²) < 4.78 is 11.2. The van der Waals surface area contributed by atoms with E-state index in [1.165, 1.54) is 12.6 Å². The summed E-state index contributed by atoms with van der Waals surface area (Å²) in [5, 5.41) is 0. The first-order chi connectivity index (χ1) is 5.31. The zero-order valence-corrected chi connectivity index (χ0v) is 7.14. The smallest absolute Gasteiger partial charge is 0.167 e. The van der Waals surface area contributed by atoms with Crippen LogP contribution in [0.25, 0.3) is 0 Å². The van der Waals surface area contributed by atoms with E-state index in [1.807, 2.05) is 0 Å². The molecule has 0 radical (unpaired) electrons. The Hall–Kier alpha value is -0.0151. The first kappa shape index (κ1) is 7.62. The average molecular weight is 154 g/mol. The summed E-state index contributed by atoms with van der Waals surface area (Å²) in [5.74, 6) is -0.146. The second-order valence-corrected chi connectivity index (χ2v) is 3.79. The maximum Gasteiger partial charge on any atom is 0.167 e. The van der Waals surface area contributed by atoms with E-state index < -0.39 is 0 Å². The van der Waals surface area contributed by atoms with Crippen molar-refractivity contribution < 1.29 is 9.47 Å². The molecule has 1 spiro atoms. The molecule has 0 aromatic rings. The van der Waals surface area contributed by atoms with Crippen LogP contribution in [0, 0.1) is 0 Å². The summed E-state index contributed by atoms with van der Waals surface area (Å²) in [6.45, 7) is 4.78. The molecule has 62 valence electrons. The maximum absolute atomic E-state index is 5.61. The van der Waals surface area contributed by atoms with Crippen LogP contribution in [-0.2, 0) is 9.47 Å². The van der Waals surface area contributed by atoms with Gasteiger partial charge in [0.15, 0.2) is 5.79 Å². The molecular weight excluding hydrogens is 139 g/mol. The van der Waals surface area contributed by atoms with Crippen LogP contribution in [0.15, 0.2) is 0 Å². The lowest BCUT2D eigenvalue weighted by Crippen LogP contribution is -2.36. The van der Waals surface area contributed by atoms with Crippen molar-refractivity contribution in [1.29, 1.82) is 0 Å². The van der Waals surface area contributed by atoms with Crippen LogP contribution < -0.4 is 0 Å². The van der Waals surface area contributed by atoms with Crippen LogP contribution in [-0.4, -0.2) is 25.7 Å². The van der Waals surface area contributed by atoms with Crippen molar-refractivity contribution in [2.45, 2.75) is 38.1 Å². The molecule has 2 fully saturated rings. The predicted molar refractivity (Wildman–Crippen MR) is 45.1 cm³/mol. The van der Waals surface area contributed by atoms with Gasteiger partial charge in [-0.3, -0.25) is 0 Å². The van der Waals surface area contributed by atoms with Crippen molar-refractivity contribution in [3.8, 4) is 0 Å². The summed E-state index contributed by atoms with van der Waals surface area (Å²) in [6.07, 6.45) is 4.74. The Morgan fingerprint density at radius 3 is 2.18 bits per heavy atom. The quantitative estimate of drug-likeness (QED) is 0.494. The van der Waals surface area contributed by atoms with Gasteiger partial charge in [0.25, 0.3) is 0 Å². The first-order valence-electron chi connectivity index (χ1n) is 4.59. The largest absolute Gasteiger partial charge is 0.348 e. The molecule has 2 nitrogen and oxygen atoms in total. The predicted octanol–water partition coefficient (Wildman–Crippen LogP) is 1.65. The van der Waals surface area contributed by atoms with Crippen LogP contribution in [0.3, 0.4) is 0 Å². The highest BCUT2D eigenvalue weighted by Gasteiger charge is 2.39. The summed E-state index contributed by atoms with van der Waals surface area (Å²) in [7, 11) is 0. The highest BCUT2D eigenvalue weighted by Crippen LogP contribution is 2.35. The molecule has 0 aliphatic carbocycles. The maximum atomic E-state index is 5.61. The van der Waals surface area contributed by atoms with E-state index in [1.54, 1.807) is 0 Å². The molecule has 3 heteroatoms. The Labute approximate surface area is 68.3 Å². The van der Waals surface area contributed by atoms with Crippen LogP contribution in [0.5, 0.6) is 0 Å². The lowest BCUT2D eigenvalue weighted by Gasteiger charge is -2.33. The molecule has 0 N–H and O–H groups in total. The molecule has 2 heterocycles. The van der Waals surface area contributed by atoms with Crippen LogP contribution in [0.1, 0.15) is 12.8 Å². The van der Waals surface area contributed by atoms with Crippen molar-refractivity contribution in [2.75, 3.05) is 13.2 Å². The monoisotopic (exact) mass is 154 g/mol. The fourth-order valence-electron chi connectivity index (χ4n) is 1.99. The lowest BCUT2D eigenvalue weighted by molar-refractivity contribution is -0.163. The number of hydrogen-bond donors (Lipinski definition) is 0. The van der Waals surface area contributed by atoms with Gasteiger partial charge in [-0.15, -0.1) is 0 Å². The Kier molecular flexibility index (Phi) is 1.94. The molecule has 2 rings (SSSR count). The van der Waals surface area contributed by atoms with E-state index in [9.17, 15) is 0 Å². The zero-order chi connectivity index (χ0) is 7.73. The Morgan fingerprint density at radius 1 is 1.09 bits per heavy atom. The van der Waals surface area contributed by atoms with Gasteiger partial charge < -0.3 is 9.47 Å². The second-order valence-electron chi connectivity index (χ2n) is 3.79. The number of ether oxygens (including phenoxy) is 2.